The van der Waals surface area contributed by atoms with Gasteiger partial charge in [-0.3, -0.25) is 0 Å². The molecule has 0 amide bonds. The summed E-state index contributed by atoms with van der Waals surface area (Å²) in [5.74, 6) is 0.738. The van der Waals surface area contributed by atoms with Crippen molar-refractivity contribution in [2.75, 3.05) is 0 Å². The lowest BCUT2D eigenvalue weighted by molar-refractivity contribution is 0.311. The molecule has 1 aromatic heterocycles. The highest BCUT2D eigenvalue weighted by Gasteiger charge is 2.22. The van der Waals surface area contributed by atoms with Crippen LogP contribution in [0.5, 0.6) is 0 Å². The summed E-state index contributed by atoms with van der Waals surface area (Å²) in [4.78, 5) is 2.87. The van der Waals surface area contributed by atoms with Crippen molar-refractivity contribution in [1.29, 1.82) is 0 Å². The third-order valence-electron chi connectivity index (χ3n) is 3.52. The predicted molar refractivity (Wildman–Crippen MR) is 67.2 cm³/mol. The number of aryl methyl sites for hydroxylation is 1. The van der Waals surface area contributed by atoms with Crippen molar-refractivity contribution < 1.29 is 0 Å². The molecule has 0 radical (unpaired) electrons. The summed E-state index contributed by atoms with van der Waals surface area (Å²) in [5, 5.41) is 0. The summed E-state index contributed by atoms with van der Waals surface area (Å²) < 4.78 is 0. The molecule has 2 heteroatoms. The SMILES string of the molecule is CCc1ccc([C@@H](N)C2CCCCC2)s1. The van der Waals surface area contributed by atoms with Gasteiger partial charge in [-0.05, 0) is 37.3 Å². The molecular weight excluding hydrogens is 202 g/mol. The van der Waals surface area contributed by atoms with E-state index in [2.05, 4.69) is 19.1 Å². The first kappa shape index (κ1) is 11.2. The topological polar surface area (TPSA) is 26.0 Å². The van der Waals surface area contributed by atoms with Crippen molar-refractivity contribution in [2.24, 2.45) is 11.7 Å². The molecule has 1 aliphatic rings. The number of rotatable bonds is 3. The molecule has 84 valence electrons. The van der Waals surface area contributed by atoms with Crippen molar-refractivity contribution in [3.8, 4) is 0 Å². The van der Waals surface area contributed by atoms with E-state index in [4.69, 9.17) is 5.73 Å². The second-order valence-electron chi connectivity index (χ2n) is 4.58. The second kappa shape index (κ2) is 5.13. The Kier molecular flexibility index (Phi) is 3.81. The van der Waals surface area contributed by atoms with E-state index in [1.807, 2.05) is 11.3 Å². The van der Waals surface area contributed by atoms with Crippen LogP contribution in [0.2, 0.25) is 0 Å². The van der Waals surface area contributed by atoms with Gasteiger partial charge in [0.15, 0.2) is 0 Å². The fraction of sp³-hybridized carbons (Fsp3) is 0.692. The molecule has 0 spiro atoms. The van der Waals surface area contributed by atoms with Crippen LogP contribution < -0.4 is 5.73 Å². The normalized spacial score (nSPS) is 20.4. The van der Waals surface area contributed by atoms with Crippen LogP contribution in [0.25, 0.3) is 0 Å². The van der Waals surface area contributed by atoms with E-state index >= 15 is 0 Å². The first-order valence-corrected chi connectivity index (χ1v) is 6.97. The predicted octanol–water partition coefficient (Wildman–Crippen LogP) is 3.89. The average molecular weight is 223 g/mol. The molecule has 1 heterocycles. The Hall–Kier alpha value is -0.340. The molecular formula is C13H21NS. The first-order valence-electron chi connectivity index (χ1n) is 6.15. The van der Waals surface area contributed by atoms with E-state index in [1.54, 1.807) is 0 Å². The lowest BCUT2D eigenvalue weighted by Gasteiger charge is -2.26. The molecule has 0 aromatic carbocycles. The van der Waals surface area contributed by atoms with E-state index in [0.29, 0.717) is 6.04 Å². The van der Waals surface area contributed by atoms with Gasteiger partial charge in [-0.2, -0.15) is 0 Å². The Labute approximate surface area is 96.7 Å². The minimum Gasteiger partial charge on any atom is -0.323 e. The van der Waals surface area contributed by atoms with Gasteiger partial charge in [0, 0.05) is 15.8 Å². The molecule has 0 aliphatic heterocycles. The zero-order valence-electron chi connectivity index (χ0n) is 9.54. The Morgan fingerprint density at radius 2 is 2.07 bits per heavy atom. The van der Waals surface area contributed by atoms with Crippen molar-refractivity contribution in [2.45, 2.75) is 51.5 Å². The lowest BCUT2D eigenvalue weighted by Crippen LogP contribution is -2.22. The molecule has 2 rings (SSSR count). The van der Waals surface area contributed by atoms with Gasteiger partial charge >= 0.3 is 0 Å². The number of thiophene rings is 1. The lowest BCUT2D eigenvalue weighted by atomic mass is 9.84. The maximum Gasteiger partial charge on any atom is 0.0418 e. The smallest absolute Gasteiger partial charge is 0.0418 e. The van der Waals surface area contributed by atoms with E-state index in [0.717, 1.165) is 12.3 Å². The fourth-order valence-corrected chi connectivity index (χ4v) is 3.54. The highest BCUT2D eigenvalue weighted by Crippen LogP contribution is 2.35. The molecule has 2 N–H and O–H groups in total. The largest absolute Gasteiger partial charge is 0.323 e. The van der Waals surface area contributed by atoms with Gasteiger partial charge in [-0.15, -0.1) is 11.3 Å². The zero-order valence-corrected chi connectivity index (χ0v) is 10.4. The van der Waals surface area contributed by atoms with Crippen LogP contribution in [0.15, 0.2) is 12.1 Å². The van der Waals surface area contributed by atoms with Gasteiger partial charge in [0.05, 0.1) is 0 Å². The van der Waals surface area contributed by atoms with Crippen LogP contribution in [0.4, 0.5) is 0 Å². The number of hydrogen-bond acceptors (Lipinski definition) is 2. The molecule has 1 fully saturated rings. The fourth-order valence-electron chi connectivity index (χ4n) is 2.49. The van der Waals surface area contributed by atoms with Crippen LogP contribution in [0.1, 0.15) is 54.8 Å². The van der Waals surface area contributed by atoms with Crippen molar-refractivity contribution in [1.82, 2.24) is 0 Å². The average Bonchev–Trinajstić information content (AvgIpc) is 2.78. The Balaban J connectivity index is 2.02. The highest BCUT2D eigenvalue weighted by atomic mass is 32.1. The highest BCUT2D eigenvalue weighted by molar-refractivity contribution is 7.12. The summed E-state index contributed by atoms with van der Waals surface area (Å²) in [7, 11) is 0. The van der Waals surface area contributed by atoms with Crippen LogP contribution in [-0.2, 0) is 6.42 Å². The van der Waals surface area contributed by atoms with E-state index in [9.17, 15) is 0 Å². The molecule has 1 saturated carbocycles. The van der Waals surface area contributed by atoms with E-state index < -0.39 is 0 Å². The Bertz CT molecular complexity index is 299. The third kappa shape index (κ3) is 2.61. The van der Waals surface area contributed by atoms with E-state index in [1.165, 1.54) is 41.9 Å². The Morgan fingerprint density at radius 3 is 2.67 bits per heavy atom. The molecule has 1 aromatic rings. The van der Waals surface area contributed by atoms with Gasteiger partial charge in [0.25, 0.3) is 0 Å². The van der Waals surface area contributed by atoms with Gasteiger partial charge in [0.1, 0.15) is 0 Å². The quantitative estimate of drug-likeness (QED) is 0.826. The maximum absolute atomic E-state index is 6.35. The first-order chi connectivity index (χ1) is 7.31. The van der Waals surface area contributed by atoms with Crippen molar-refractivity contribution in [3.63, 3.8) is 0 Å². The van der Waals surface area contributed by atoms with Crippen molar-refractivity contribution in [3.05, 3.63) is 21.9 Å². The van der Waals surface area contributed by atoms with Gasteiger partial charge in [-0.1, -0.05) is 26.2 Å². The summed E-state index contributed by atoms with van der Waals surface area (Å²) >= 11 is 1.91. The van der Waals surface area contributed by atoms with Crippen molar-refractivity contribution >= 4 is 11.3 Å². The molecule has 15 heavy (non-hydrogen) atoms. The van der Waals surface area contributed by atoms with Gasteiger partial charge in [-0.25, -0.2) is 0 Å². The summed E-state index contributed by atoms with van der Waals surface area (Å²) in [5.41, 5.74) is 6.35. The maximum atomic E-state index is 6.35. The molecule has 0 saturated heterocycles. The van der Waals surface area contributed by atoms with Gasteiger partial charge < -0.3 is 5.73 Å². The molecule has 1 nitrogen and oxygen atoms in total. The molecule has 0 unspecified atom stereocenters. The minimum absolute atomic E-state index is 0.301. The van der Waals surface area contributed by atoms with Crippen LogP contribution >= 0.6 is 11.3 Å². The number of nitrogens with two attached hydrogens (primary N) is 1. The van der Waals surface area contributed by atoms with Gasteiger partial charge in [0.2, 0.25) is 0 Å². The third-order valence-corrected chi connectivity index (χ3v) is 4.85. The summed E-state index contributed by atoms with van der Waals surface area (Å²) in [6, 6.07) is 4.78. The zero-order chi connectivity index (χ0) is 10.7. The minimum atomic E-state index is 0.301. The van der Waals surface area contributed by atoms with E-state index in [-0.39, 0.29) is 0 Å². The standard InChI is InChI=1S/C13H21NS/c1-2-11-8-9-12(15-11)13(14)10-6-4-3-5-7-10/h8-10,13H,2-7,14H2,1H3/t13-/m0/s1. The molecule has 0 bridgehead atoms. The molecule has 1 aliphatic carbocycles. The van der Waals surface area contributed by atoms with Crippen LogP contribution in [0.3, 0.4) is 0 Å². The monoisotopic (exact) mass is 223 g/mol. The summed E-state index contributed by atoms with van der Waals surface area (Å²) in [6.45, 7) is 2.21. The van der Waals surface area contributed by atoms with Crippen LogP contribution in [-0.4, -0.2) is 0 Å². The van der Waals surface area contributed by atoms with Crippen LogP contribution in [0, 0.1) is 5.92 Å². The molecule has 1 atom stereocenters. The summed E-state index contributed by atoms with van der Waals surface area (Å²) in [6.07, 6.45) is 7.98. The number of hydrogen-bond donors (Lipinski definition) is 1. The Morgan fingerprint density at radius 1 is 1.33 bits per heavy atom. The second-order valence-corrected chi connectivity index (χ2v) is 5.78.